The highest BCUT2D eigenvalue weighted by molar-refractivity contribution is 6.26. The summed E-state index contributed by atoms with van der Waals surface area (Å²) in [5.74, 6) is 0.616. The van der Waals surface area contributed by atoms with E-state index in [1.54, 1.807) is 0 Å². The number of benzene rings is 11. The summed E-state index contributed by atoms with van der Waals surface area (Å²) in [5.41, 5.74) is 13.9. The molecule has 0 aliphatic carbocycles. The van der Waals surface area contributed by atoms with Gasteiger partial charge >= 0.3 is 0 Å². The third-order valence-electron chi connectivity index (χ3n) is 13.5. The minimum Gasteiger partial charge on any atom is -0.434 e. The van der Waals surface area contributed by atoms with Crippen LogP contribution in [0.25, 0.3) is 132 Å². The normalized spacial score (nSPS) is 12.0. The molecule has 0 radical (unpaired) electrons. The van der Waals surface area contributed by atoms with E-state index in [0.717, 1.165) is 55.4 Å². The summed E-state index contributed by atoms with van der Waals surface area (Å²) in [5, 5.41) is 12.4. The Bertz CT molecular complexity index is 4180. The fraction of sp³-hybridized carbons (Fsp3) is 0. The highest BCUT2D eigenvalue weighted by atomic mass is 16.3. The lowest BCUT2D eigenvalue weighted by molar-refractivity contribution is 0.622. The standard InChI is InChI=1S/C61H37N3O/c1-3-14-39(15-4-1)61-62-55-34-33-52-54-37-41(29-35-57(54)64(59(52)60(55)65-61)42-16-5-2-6-17-42)44-23-13-24-51-50-22-11-12-25-56(50)63(58(44)51)43-30-26-38(27-31-43)40-28-32-49-47-20-8-7-18-45(47)46-19-9-10-21-48(46)53(49)36-40/h1-37H. The quantitative estimate of drug-likeness (QED) is 0.162. The van der Waals surface area contributed by atoms with Crippen LogP contribution >= 0.6 is 0 Å². The van der Waals surface area contributed by atoms with Gasteiger partial charge in [0.1, 0.15) is 5.52 Å². The number of hydrogen-bond acceptors (Lipinski definition) is 2. The summed E-state index contributed by atoms with van der Waals surface area (Å²) in [6.07, 6.45) is 0. The molecular weight excluding hydrogens is 791 g/mol. The van der Waals surface area contributed by atoms with Crippen molar-refractivity contribution in [1.29, 1.82) is 0 Å². The van der Waals surface area contributed by atoms with Crippen molar-refractivity contribution in [3.63, 3.8) is 0 Å². The maximum atomic E-state index is 6.68. The fourth-order valence-electron chi connectivity index (χ4n) is 10.6. The zero-order chi connectivity index (χ0) is 42.6. The molecule has 3 aromatic heterocycles. The lowest BCUT2D eigenvalue weighted by Crippen LogP contribution is -1.96. The second kappa shape index (κ2) is 13.9. The molecule has 0 fully saturated rings. The number of aromatic nitrogens is 3. The molecule has 0 saturated carbocycles. The number of fused-ring (bicyclic) bond motifs is 14. The number of para-hydroxylation sites is 3. The van der Waals surface area contributed by atoms with Crippen LogP contribution in [0.5, 0.6) is 0 Å². The minimum atomic E-state index is 0.616. The highest BCUT2D eigenvalue weighted by Crippen LogP contribution is 2.43. The topological polar surface area (TPSA) is 35.9 Å². The average molecular weight is 828 g/mol. The number of rotatable bonds is 5. The molecule has 14 aromatic rings. The zero-order valence-electron chi connectivity index (χ0n) is 35.1. The third-order valence-corrected chi connectivity index (χ3v) is 13.5. The second-order valence-electron chi connectivity index (χ2n) is 17.1. The van der Waals surface area contributed by atoms with E-state index >= 15 is 0 Å². The number of hydrogen-bond donors (Lipinski definition) is 0. The molecule has 0 aliphatic rings. The summed E-state index contributed by atoms with van der Waals surface area (Å²) in [4.78, 5) is 4.97. The second-order valence-corrected chi connectivity index (χ2v) is 17.1. The molecule has 4 heteroatoms. The van der Waals surface area contributed by atoms with Crippen LogP contribution in [0.4, 0.5) is 0 Å². The Morgan fingerprint density at radius 1 is 0.308 bits per heavy atom. The van der Waals surface area contributed by atoms with E-state index in [4.69, 9.17) is 9.40 Å². The van der Waals surface area contributed by atoms with Gasteiger partial charge in [0.25, 0.3) is 0 Å². The van der Waals surface area contributed by atoms with E-state index in [1.165, 1.54) is 70.8 Å². The first-order chi connectivity index (χ1) is 32.2. The predicted octanol–water partition coefficient (Wildman–Crippen LogP) is 16.5. The van der Waals surface area contributed by atoms with Crippen LogP contribution in [0.2, 0.25) is 0 Å². The first-order valence-corrected chi connectivity index (χ1v) is 22.2. The molecule has 0 saturated heterocycles. The molecular formula is C61H37N3O. The van der Waals surface area contributed by atoms with E-state index in [2.05, 4.69) is 203 Å². The Labute approximate surface area is 373 Å². The van der Waals surface area contributed by atoms with Gasteiger partial charge in [0.05, 0.1) is 22.1 Å². The van der Waals surface area contributed by atoms with Crippen LogP contribution in [0, 0.1) is 0 Å². The van der Waals surface area contributed by atoms with Gasteiger partial charge in [-0.2, -0.15) is 0 Å². The first kappa shape index (κ1) is 35.8. The summed E-state index contributed by atoms with van der Waals surface area (Å²) < 4.78 is 11.5. The zero-order valence-corrected chi connectivity index (χ0v) is 35.1. The van der Waals surface area contributed by atoms with E-state index in [0.29, 0.717) is 5.89 Å². The van der Waals surface area contributed by atoms with Crippen molar-refractivity contribution in [1.82, 2.24) is 14.1 Å². The van der Waals surface area contributed by atoms with Crippen LogP contribution < -0.4 is 0 Å². The predicted molar refractivity (Wildman–Crippen MR) is 272 cm³/mol. The first-order valence-electron chi connectivity index (χ1n) is 22.2. The van der Waals surface area contributed by atoms with Crippen LogP contribution in [-0.2, 0) is 0 Å². The Balaban J connectivity index is 0.945. The van der Waals surface area contributed by atoms with Gasteiger partial charge in [-0.3, -0.25) is 0 Å². The lowest BCUT2D eigenvalue weighted by Gasteiger charge is -2.14. The van der Waals surface area contributed by atoms with Crippen molar-refractivity contribution in [2.24, 2.45) is 0 Å². The summed E-state index contributed by atoms with van der Waals surface area (Å²) >= 11 is 0. The van der Waals surface area contributed by atoms with Gasteiger partial charge in [-0.15, -0.1) is 0 Å². The van der Waals surface area contributed by atoms with Crippen molar-refractivity contribution in [2.75, 3.05) is 0 Å². The van der Waals surface area contributed by atoms with E-state index in [1.807, 2.05) is 30.3 Å². The average Bonchev–Trinajstić information content (AvgIpc) is 4.07. The van der Waals surface area contributed by atoms with Crippen molar-refractivity contribution in [3.8, 4) is 45.1 Å². The van der Waals surface area contributed by atoms with Crippen LogP contribution in [0.1, 0.15) is 0 Å². The molecule has 65 heavy (non-hydrogen) atoms. The van der Waals surface area contributed by atoms with E-state index in [9.17, 15) is 0 Å². The van der Waals surface area contributed by atoms with Gasteiger partial charge < -0.3 is 13.6 Å². The summed E-state index contributed by atoms with van der Waals surface area (Å²) in [6.45, 7) is 0. The van der Waals surface area contributed by atoms with Crippen molar-refractivity contribution in [2.45, 2.75) is 0 Å². The van der Waals surface area contributed by atoms with Gasteiger partial charge in [0.15, 0.2) is 5.58 Å². The molecule has 0 aliphatic heterocycles. The van der Waals surface area contributed by atoms with Crippen LogP contribution in [0.15, 0.2) is 229 Å². The Morgan fingerprint density at radius 2 is 0.831 bits per heavy atom. The van der Waals surface area contributed by atoms with E-state index < -0.39 is 0 Å². The fourth-order valence-corrected chi connectivity index (χ4v) is 10.6. The van der Waals surface area contributed by atoms with Gasteiger partial charge in [0.2, 0.25) is 5.89 Å². The van der Waals surface area contributed by atoms with Crippen LogP contribution in [-0.4, -0.2) is 14.1 Å². The summed E-state index contributed by atoms with van der Waals surface area (Å²) in [7, 11) is 0. The van der Waals surface area contributed by atoms with Gasteiger partial charge in [-0.25, -0.2) is 4.98 Å². The molecule has 4 nitrogen and oxygen atoms in total. The molecule has 0 N–H and O–H groups in total. The molecule has 0 atom stereocenters. The number of nitrogens with zero attached hydrogens (tertiary/aromatic N) is 3. The SMILES string of the molecule is c1ccc(-c2nc3ccc4c5cc(-c6cccc7c8ccccc8n(-c8ccc(-c9ccc%10c%11ccccc%11c%11ccccc%11c%10c9)cc8)c67)ccc5n(-c5ccccc5)c4c3o2)cc1. The number of oxazole rings is 1. The van der Waals surface area contributed by atoms with Gasteiger partial charge in [-0.1, -0.05) is 152 Å². The third kappa shape index (κ3) is 5.35. The Hall–Kier alpha value is -8.73. The molecule has 302 valence electrons. The lowest BCUT2D eigenvalue weighted by atomic mass is 9.92. The minimum absolute atomic E-state index is 0.616. The summed E-state index contributed by atoms with van der Waals surface area (Å²) in [6, 6.07) is 81.1. The maximum absolute atomic E-state index is 6.68. The molecule has 0 unspecified atom stereocenters. The maximum Gasteiger partial charge on any atom is 0.227 e. The molecule has 0 spiro atoms. The highest BCUT2D eigenvalue weighted by Gasteiger charge is 2.22. The van der Waals surface area contributed by atoms with Gasteiger partial charge in [-0.05, 0) is 122 Å². The largest absolute Gasteiger partial charge is 0.434 e. The molecule has 14 rings (SSSR count). The van der Waals surface area contributed by atoms with Crippen molar-refractivity contribution in [3.05, 3.63) is 224 Å². The smallest absolute Gasteiger partial charge is 0.227 e. The molecule has 11 aromatic carbocycles. The monoisotopic (exact) mass is 827 g/mol. The van der Waals surface area contributed by atoms with E-state index in [-0.39, 0.29) is 0 Å². The van der Waals surface area contributed by atoms with Crippen LogP contribution in [0.3, 0.4) is 0 Å². The van der Waals surface area contributed by atoms with Crippen molar-refractivity contribution >= 4 is 87.0 Å². The Kier molecular flexibility index (Phi) is 7.65. The molecule has 0 amide bonds. The Morgan fingerprint density at radius 3 is 1.58 bits per heavy atom. The van der Waals surface area contributed by atoms with Gasteiger partial charge in [0, 0.05) is 44.0 Å². The molecule has 0 bridgehead atoms. The molecule has 3 heterocycles. The van der Waals surface area contributed by atoms with Crippen molar-refractivity contribution < 1.29 is 4.42 Å².